The Hall–Kier alpha value is -0.910. The van der Waals surface area contributed by atoms with E-state index in [1.165, 1.54) is 5.56 Å². The predicted octanol–water partition coefficient (Wildman–Crippen LogP) is 4.76. The molecule has 1 aromatic carbocycles. The second-order valence-corrected chi connectivity index (χ2v) is 6.84. The summed E-state index contributed by atoms with van der Waals surface area (Å²) in [5.41, 5.74) is 2.26. The molecule has 1 heterocycles. The van der Waals surface area contributed by atoms with E-state index in [1.54, 1.807) is 18.0 Å². The van der Waals surface area contributed by atoms with Gasteiger partial charge in [0.1, 0.15) is 0 Å². The summed E-state index contributed by atoms with van der Waals surface area (Å²) in [6.45, 7) is 7.37. The Morgan fingerprint density at radius 3 is 2.81 bits per heavy atom. The summed E-state index contributed by atoms with van der Waals surface area (Å²) in [5.74, 6) is 0. The fraction of sp³-hybridized carbons (Fsp3) is 0.375. The first-order chi connectivity index (χ1) is 10.1. The summed E-state index contributed by atoms with van der Waals surface area (Å²) in [7, 11) is 0. The Morgan fingerprint density at radius 2 is 2.14 bits per heavy atom. The highest BCUT2D eigenvalue weighted by molar-refractivity contribution is 9.10. The lowest BCUT2D eigenvalue weighted by Crippen LogP contribution is -2.19. The molecule has 0 spiro atoms. The molecule has 1 atom stereocenters. The van der Waals surface area contributed by atoms with Crippen LogP contribution in [0.25, 0.3) is 0 Å². The smallest absolute Gasteiger partial charge is 0.192 e. The summed E-state index contributed by atoms with van der Waals surface area (Å²) in [6.07, 6.45) is 2.94. The number of hydrogen-bond donors (Lipinski definition) is 1. The number of halogens is 1. The summed E-state index contributed by atoms with van der Waals surface area (Å²) in [6, 6.07) is 8.67. The summed E-state index contributed by atoms with van der Waals surface area (Å²) in [5, 5.41) is 4.29. The molecule has 0 aliphatic heterocycles. The largest absolute Gasteiger partial charge is 0.310 e. The highest BCUT2D eigenvalue weighted by Gasteiger charge is 2.10. The fourth-order valence-electron chi connectivity index (χ4n) is 1.97. The van der Waals surface area contributed by atoms with Crippen LogP contribution in [-0.4, -0.2) is 16.5 Å². The van der Waals surface area contributed by atoms with Crippen LogP contribution in [-0.2, 0) is 0 Å². The van der Waals surface area contributed by atoms with Crippen LogP contribution in [0.1, 0.15) is 37.6 Å². The summed E-state index contributed by atoms with van der Waals surface area (Å²) < 4.78 is 1.12. The topological polar surface area (TPSA) is 37.8 Å². The quantitative estimate of drug-likeness (QED) is 0.748. The van der Waals surface area contributed by atoms with Gasteiger partial charge < -0.3 is 5.32 Å². The van der Waals surface area contributed by atoms with Gasteiger partial charge >= 0.3 is 0 Å². The van der Waals surface area contributed by atoms with E-state index in [9.17, 15) is 0 Å². The Balaban J connectivity index is 2.11. The SMILES string of the molecule is CCCNC(C)c1ccc(Sc2nccc(C)n2)cc1Br. The van der Waals surface area contributed by atoms with E-state index in [4.69, 9.17) is 0 Å². The van der Waals surface area contributed by atoms with Crippen molar-refractivity contribution in [3.8, 4) is 0 Å². The molecule has 1 unspecified atom stereocenters. The van der Waals surface area contributed by atoms with Gasteiger partial charge in [0.2, 0.25) is 0 Å². The first kappa shape index (κ1) is 16.5. The maximum atomic E-state index is 4.42. The second-order valence-electron chi connectivity index (χ2n) is 4.94. The summed E-state index contributed by atoms with van der Waals surface area (Å²) >= 11 is 5.25. The maximum absolute atomic E-state index is 4.42. The monoisotopic (exact) mass is 365 g/mol. The first-order valence-corrected chi connectivity index (χ1v) is 8.71. The van der Waals surface area contributed by atoms with Crippen molar-refractivity contribution < 1.29 is 0 Å². The zero-order valence-corrected chi connectivity index (χ0v) is 15.0. The average Bonchev–Trinajstić information content (AvgIpc) is 2.45. The third kappa shape index (κ3) is 4.80. The molecule has 2 aromatic rings. The Morgan fingerprint density at radius 1 is 1.33 bits per heavy atom. The van der Waals surface area contributed by atoms with Crippen LogP contribution in [0.2, 0.25) is 0 Å². The van der Waals surface area contributed by atoms with E-state index in [0.717, 1.165) is 33.2 Å². The molecule has 0 radical (unpaired) electrons. The van der Waals surface area contributed by atoms with Crippen molar-refractivity contribution in [3.05, 3.63) is 46.2 Å². The third-order valence-corrected chi connectivity index (χ3v) is 4.68. The minimum Gasteiger partial charge on any atom is -0.310 e. The van der Waals surface area contributed by atoms with Gasteiger partial charge in [-0.15, -0.1) is 0 Å². The zero-order valence-electron chi connectivity index (χ0n) is 12.6. The molecule has 0 aliphatic rings. The number of aryl methyl sites for hydroxylation is 1. The van der Waals surface area contributed by atoms with Crippen LogP contribution >= 0.6 is 27.7 Å². The fourth-order valence-corrected chi connectivity index (χ4v) is 3.67. The molecule has 0 fully saturated rings. The van der Waals surface area contributed by atoms with Gasteiger partial charge in [0.15, 0.2) is 5.16 Å². The normalized spacial score (nSPS) is 12.4. The number of nitrogens with one attached hydrogen (secondary N) is 1. The number of rotatable bonds is 6. The van der Waals surface area contributed by atoms with Gasteiger partial charge in [0, 0.05) is 27.3 Å². The molecule has 2 rings (SSSR count). The minimum atomic E-state index is 0.341. The standard InChI is InChI=1S/C16H20BrN3S/c1-4-8-18-12(3)14-6-5-13(10-15(14)17)21-16-19-9-7-11(2)20-16/h5-7,9-10,12,18H,4,8H2,1-3H3. The van der Waals surface area contributed by atoms with Crippen molar-refractivity contribution in [2.45, 2.75) is 43.3 Å². The maximum Gasteiger partial charge on any atom is 0.192 e. The Labute approximate surface area is 139 Å². The molecule has 0 amide bonds. The first-order valence-electron chi connectivity index (χ1n) is 7.10. The Kier molecular flexibility index (Phi) is 6.21. The number of benzene rings is 1. The van der Waals surface area contributed by atoms with Crippen molar-refractivity contribution in [1.29, 1.82) is 0 Å². The van der Waals surface area contributed by atoms with Crippen LogP contribution < -0.4 is 5.32 Å². The highest BCUT2D eigenvalue weighted by atomic mass is 79.9. The number of aromatic nitrogens is 2. The van der Waals surface area contributed by atoms with Gasteiger partial charge in [-0.25, -0.2) is 9.97 Å². The molecule has 5 heteroatoms. The van der Waals surface area contributed by atoms with Gasteiger partial charge in [-0.2, -0.15) is 0 Å². The van der Waals surface area contributed by atoms with Gasteiger partial charge in [-0.05, 0) is 62.3 Å². The average molecular weight is 366 g/mol. The van der Waals surface area contributed by atoms with Crippen molar-refractivity contribution in [2.75, 3.05) is 6.54 Å². The summed E-state index contributed by atoms with van der Waals surface area (Å²) in [4.78, 5) is 9.85. The Bertz CT molecular complexity index is 604. The van der Waals surface area contributed by atoms with Crippen LogP contribution in [0.4, 0.5) is 0 Å². The minimum absolute atomic E-state index is 0.341. The van der Waals surface area contributed by atoms with E-state index in [0.29, 0.717) is 6.04 Å². The number of nitrogens with zero attached hydrogens (tertiary/aromatic N) is 2. The molecule has 112 valence electrons. The third-order valence-electron chi connectivity index (χ3n) is 3.12. The van der Waals surface area contributed by atoms with E-state index in [2.05, 4.69) is 63.3 Å². The zero-order chi connectivity index (χ0) is 15.2. The van der Waals surface area contributed by atoms with Crippen LogP contribution in [0, 0.1) is 6.92 Å². The van der Waals surface area contributed by atoms with Gasteiger partial charge in [-0.3, -0.25) is 0 Å². The van der Waals surface area contributed by atoms with E-state index in [-0.39, 0.29) is 0 Å². The van der Waals surface area contributed by atoms with E-state index in [1.807, 2.05) is 13.0 Å². The van der Waals surface area contributed by atoms with Crippen molar-refractivity contribution >= 4 is 27.7 Å². The molecule has 0 aliphatic carbocycles. The van der Waals surface area contributed by atoms with Gasteiger partial charge in [0.05, 0.1) is 0 Å². The van der Waals surface area contributed by atoms with E-state index < -0.39 is 0 Å². The molecule has 0 saturated heterocycles. The van der Waals surface area contributed by atoms with Crippen LogP contribution in [0.15, 0.2) is 45.0 Å². The lowest BCUT2D eigenvalue weighted by Gasteiger charge is -2.16. The van der Waals surface area contributed by atoms with Crippen LogP contribution in [0.3, 0.4) is 0 Å². The molecule has 0 bridgehead atoms. The lowest BCUT2D eigenvalue weighted by molar-refractivity contribution is 0.568. The van der Waals surface area contributed by atoms with Crippen LogP contribution in [0.5, 0.6) is 0 Å². The molecule has 3 nitrogen and oxygen atoms in total. The van der Waals surface area contributed by atoms with Crippen molar-refractivity contribution in [1.82, 2.24) is 15.3 Å². The van der Waals surface area contributed by atoms with Gasteiger partial charge in [-0.1, -0.05) is 28.9 Å². The highest BCUT2D eigenvalue weighted by Crippen LogP contribution is 2.31. The van der Waals surface area contributed by atoms with Crippen molar-refractivity contribution in [2.24, 2.45) is 0 Å². The molecule has 1 aromatic heterocycles. The lowest BCUT2D eigenvalue weighted by atomic mass is 10.1. The predicted molar refractivity (Wildman–Crippen MR) is 91.7 cm³/mol. The molecular weight excluding hydrogens is 346 g/mol. The van der Waals surface area contributed by atoms with Crippen molar-refractivity contribution in [3.63, 3.8) is 0 Å². The molecule has 0 saturated carbocycles. The molecule has 21 heavy (non-hydrogen) atoms. The number of hydrogen-bond acceptors (Lipinski definition) is 4. The second kappa shape index (κ2) is 7.92. The van der Waals surface area contributed by atoms with E-state index >= 15 is 0 Å². The van der Waals surface area contributed by atoms with Gasteiger partial charge in [0.25, 0.3) is 0 Å². The molecule has 1 N–H and O–H groups in total. The molecular formula is C16H20BrN3S.